The highest BCUT2D eigenvalue weighted by molar-refractivity contribution is 7.80. The molecule has 0 fully saturated rings. The number of hydrazone groups is 1. The van der Waals surface area contributed by atoms with Crippen molar-refractivity contribution >= 4 is 29.5 Å². The predicted octanol–water partition coefficient (Wildman–Crippen LogP) is 1.84. The molecule has 8 heteroatoms. The van der Waals surface area contributed by atoms with Crippen molar-refractivity contribution in [3.8, 4) is 17.2 Å². The maximum Gasteiger partial charge on any atom is 0.308 e. The number of esters is 1. The summed E-state index contributed by atoms with van der Waals surface area (Å²) in [6.45, 7) is 5.25. The first kappa shape index (κ1) is 18.7. The van der Waals surface area contributed by atoms with E-state index in [1.165, 1.54) is 21.1 Å². The molecular weight excluding hydrogens is 318 g/mol. The van der Waals surface area contributed by atoms with E-state index in [0.717, 1.165) is 0 Å². The average Bonchev–Trinajstić information content (AvgIpc) is 2.46. The Morgan fingerprint density at radius 2 is 1.83 bits per heavy atom. The maximum atomic E-state index is 11.2. The number of nitrogens with one attached hydrogen (secondary N) is 2. The Bertz CT molecular complexity index is 577. The van der Waals surface area contributed by atoms with Gasteiger partial charge in [-0.15, -0.1) is 0 Å². The van der Waals surface area contributed by atoms with Crippen molar-refractivity contribution in [3.63, 3.8) is 0 Å². The molecule has 0 radical (unpaired) electrons. The van der Waals surface area contributed by atoms with Crippen molar-refractivity contribution in [2.75, 3.05) is 14.2 Å². The average molecular weight is 339 g/mol. The minimum absolute atomic E-state index is 0.216. The molecule has 0 amide bonds. The molecule has 0 saturated heterocycles. The Hall–Kier alpha value is -2.35. The van der Waals surface area contributed by atoms with Crippen LogP contribution in [0.2, 0.25) is 0 Å². The minimum atomic E-state index is -0.463. The van der Waals surface area contributed by atoms with Gasteiger partial charge in [0.05, 0.1) is 20.4 Å². The van der Waals surface area contributed by atoms with E-state index in [2.05, 4.69) is 15.8 Å². The summed E-state index contributed by atoms with van der Waals surface area (Å²) in [5, 5.41) is 7.47. The summed E-state index contributed by atoms with van der Waals surface area (Å²) in [6.07, 6.45) is 1.55. The molecule has 0 bridgehead atoms. The number of methoxy groups -OCH3 is 2. The van der Waals surface area contributed by atoms with Crippen molar-refractivity contribution in [3.05, 3.63) is 17.7 Å². The van der Waals surface area contributed by atoms with Crippen LogP contribution in [0, 0.1) is 0 Å². The van der Waals surface area contributed by atoms with E-state index in [1.807, 2.05) is 13.8 Å². The molecule has 2 N–H and O–H groups in total. The summed E-state index contributed by atoms with van der Waals surface area (Å²) >= 11 is 5.07. The van der Waals surface area contributed by atoms with E-state index in [1.54, 1.807) is 18.3 Å². The second-order valence-electron chi connectivity index (χ2n) is 4.85. The highest BCUT2D eigenvalue weighted by Crippen LogP contribution is 2.38. The van der Waals surface area contributed by atoms with Crippen molar-refractivity contribution < 1.29 is 19.0 Å². The van der Waals surface area contributed by atoms with Gasteiger partial charge in [0.25, 0.3) is 0 Å². The molecule has 0 aliphatic heterocycles. The lowest BCUT2D eigenvalue weighted by molar-refractivity contribution is -0.132. The lowest BCUT2D eigenvalue weighted by atomic mass is 10.2. The van der Waals surface area contributed by atoms with Gasteiger partial charge in [0, 0.05) is 18.5 Å². The molecule has 0 spiro atoms. The predicted molar refractivity (Wildman–Crippen MR) is 92.5 cm³/mol. The molecule has 0 atom stereocenters. The van der Waals surface area contributed by atoms with Gasteiger partial charge in [-0.05, 0) is 38.2 Å². The minimum Gasteiger partial charge on any atom is -0.493 e. The van der Waals surface area contributed by atoms with Crippen molar-refractivity contribution in [1.29, 1.82) is 0 Å². The summed E-state index contributed by atoms with van der Waals surface area (Å²) in [4.78, 5) is 11.2. The third kappa shape index (κ3) is 6.11. The molecule has 0 aliphatic rings. The Balaban J connectivity index is 2.96. The zero-order valence-corrected chi connectivity index (χ0v) is 14.6. The van der Waals surface area contributed by atoms with Gasteiger partial charge >= 0.3 is 5.97 Å². The molecule has 23 heavy (non-hydrogen) atoms. The SMILES string of the molecule is COc1cc(/C=N\NC(=S)NC(C)C)cc(OC)c1OC(C)=O. The number of benzene rings is 1. The lowest BCUT2D eigenvalue weighted by Gasteiger charge is -2.13. The number of rotatable bonds is 6. The smallest absolute Gasteiger partial charge is 0.308 e. The third-order valence-corrected chi connectivity index (χ3v) is 2.74. The number of carbonyl (C=O) groups excluding carboxylic acids is 1. The van der Waals surface area contributed by atoms with Crippen LogP contribution in [0.4, 0.5) is 0 Å². The summed E-state index contributed by atoms with van der Waals surface area (Å²) in [6, 6.07) is 3.56. The van der Waals surface area contributed by atoms with Crippen molar-refractivity contribution in [2.24, 2.45) is 5.10 Å². The van der Waals surface area contributed by atoms with Crippen molar-refractivity contribution in [1.82, 2.24) is 10.7 Å². The number of carbonyl (C=O) groups is 1. The Morgan fingerprint density at radius 1 is 1.26 bits per heavy atom. The van der Waals surface area contributed by atoms with Gasteiger partial charge in [-0.2, -0.15) is 5.10 Å². The summed E-state index contributed by atoms with van der Waals surface area (Å²) < 4.78 is 15.6. The van der Waals surface area contributed by atoms with Gasteiger partial charge in [0.2, 0.25) is 5.75 Å². The molecular formula is C15H21N3O4S. The van der Waals surface area contributed by atoms with Crippen LogP contribution < -0.4 is 25.0 Å². The number of thiocarbonyl (C=S) groups is 1. The first-order valence-corrected chi connectivity index (χ1v) is 7.32. The molecule has 0 heterocycles. The van der Waals surface area contributed by atoms with Crippen LogP contribution in [-0.2, 0) is 4.79 Å². The monoisotopic (exact) mass is 339 g/mol. The topological polar surface area (TPSA) is 81.2 Å². The number of hydrogen-bond donors (Lipinski definition) is 2. The van der Waals surface area contributed by atoms with Gasteiger partial charge < -0.3 is 19.5 Å². The molecule has 1 rings (SSSR count). The largest absolute Gasteiger partial charge is 0.493 e. The van der Waals surface area contributed by atoms with Gasteiger partial charge in [-0.25, -0.2) is 0 Å². The molecule has 0 aliphatic carbocycles. The molecule has 7 nitrogen and oxygen atoms in total. The molecule has 126 valence electrons. The van der Waals surface area contributed by atoms with Crippen LogP contribution in [-0.4, -0.2) is 37.6 Å². The Morgan fingerprint density at radius 3 is 2.26 bits per heavy atom. The van der Waals surface area contributed by atoms with E-state index in [4.69, 9.17) is 26.4 Å². The first-order valence-electron chi connectivity index (χ1n) is 6.91. The van der Waals surface area contributed by atoms with E-state index < -0.39 is 5.97 Å². The number of nitrogens with zero attached hydrogens (tertiary/aromatic N) is 1. The molecule has 0 unspecified atom stereocenters. The third-order valence-electron chi connectivity index (χ3n) is 2.53. The standard InChI is InChI=1S/C15H21N3O4S/c1-9(2)17-15(23)18-16-8-11-6-12(20-4)14(22-10(3)19)13(7-11)21-5/h6-9H,1-5H3,(H2,17,18,23)/b16-8-. The van der Waals surface area contributed by atoms with Crippen LogP contribution in [0.25, 0.3) is 0 Å². The molecule has 1 aromatic rings. The summed E-state index contributed by atoms with van der Waals surface area (Å²) in [5.74, 6) is 0.493. The van der Waals surface area contributed by atoms with E-state index in [0.29, 0.717) is 22.2 Å². The zero-order chi connectivity index (χ0) is 17.4. The van der Waals surface area contributed by atoms with Crippen LogP contribution in [0.5, 0.6) is 17.2 Å². The van der Waals surface area contributed by atoms with Crippen LogP contribution in [0.15, 0.2) is 17.2 Å². The van der Waals surface area contributed by atoms with Crippen molar-refractivity contribution in [2.45, 2.75) is 26.8 Å². The van der Waals surface area contributed by atoms with Crippen LogP contribution in [0.3, 0.4) is 0 Å². The fraction of sp³-hybridized carbons (Fsp3) is 0.400. The lowest BCUT2D eigenvalue weighted by Crippen LogP contribution is -2.36. The number of ether oxygens (including phenoxy) is 3. The maximum absolute atomic E-state index is 11.2. The van der Waals surface area contributed by atoms with Gasteiger partial charge in [-0.1, -0.05) is 0 Å². The Kier molecular flexibility index (Phi) is 7.27. The van der Waals surface area contributed by atoms with Gasteiger partial charge in [0.15, 0.2) is 16.6 Å². The van der Waals surface area contributed by atoms with Crippen LogP contribution in [0.1, 0.15) is 26.3 Å². The highest BCUT2D eigenvalue weighted by atomic mass is 32.1. The fourth-order valence-electron chi connectivity index (χ4n) is 1.68. The van der Waals surface area contributed by atoms with E-state index in [9.17, 15) is 4.79 Å². The van der Waals surface area contributed by atoms with Crippen LogP contribution >= 0.6 is 12.2 Å². The van der Waals surface area contributed by atoms with E-state index >= 15 is 0 Å². The summed E-state index contributed by atoms with van der Waals surface area (Å²) in [7, 11) is 2.95. The molecule has 1 aromatic carbocycles. The second kappa shape index (κ2) is 8.94. The summed E-state index contributed by atoms with van der Waals surface area (Å²) in [5.41, 5.74) is 3.40. The zero-order valence-electron chi connectivity index (χ0n) is 13.8. The Labute approximate surface area is 141 Å². The quantitative estimate of drug-likeness (QED) is 0.269. The normalized spacial score (nSPS) is 10.5. The van der Waals surface area contributed by atoms with Gasteiger partial charge in [-0.3, -0.25) is 10.2 Å². The highest BCUT2D eigenvalue weighted by Gasteiger charge is 2.15. The number of hydrogen-bond acceptors (Lipinski definition) is 6. The first-order chi connectivity index (χ1) is 10.9. The fourth-order valence-corrected chi connectivity index (χ4v) is 1.97. The van der Waals surface area contributed by atoms with Gasteiger partial charge in [0.1, 0.15) is 0 Å². The second-order valence-corrected chi connectivity index (χ2v) is 5.25. The molecule has 0 aromatic heterocycles. The molecule has 0 saturated carbocycles. The van der Waals surface area contributed by atoms with E-state index in [-0.39, 0.29) is 11.8 Å².